The Labute approximate surface area is 153 Å². The number of aromatic nitrogens is 1. The predicted octanol–water partition coefficient (Wildman–Crippen LogP) is 4.80. The van der Waals surface area contributed by atoms with Gasteiger partial charge in [0.05, 0.1) is 0 Å². The van der Waals surface area contributed by atoms with E-state index < -0.39 is 5.97 Å². The van der Waals surface area contributed by atoms with Crippen molar-refractivity contribution in [3.05, 3.63) is 58.8 Å². The summed E-state index contributed by atoms with van der Waals surface area (Å²) in [4.78, 5) is 15.4. The molecular weight excluding hydrogens is 344 g/mol. The Morgan fingerprint density at radius 3 is 2.71 bits per heavy atom. The average molecular weight is 365 g/mol. The monoisotopic (exact) mass is 364 g/mol. The minimum atomic E-state index is -0.941. The molecule has 2 heterocycles. The van der Waals surface area contributed by atoms with Gasteiger partial charge in [-0.3, -0.25) is 0 Å². The van der Waals surface area contributed by atoms with Gasteiger partial charge in [0.2, 0.25) is 0 Å². The average Bonchev–Trinajstić information content (AvgIpc) is 3.03. The van der Waals surface area contributed by atoms with Crippen LogP contribution in [-0.2, 0) is 11.2 Å². The number of halogens is 1. The molecule has 1 aromatic heterocycles. The van der Waals surface area contributed by atoms with Crippen LogP contribution in [-0.4, -0.2) is 22.6 Å². The highest BCUT2D eigenvalue weighted by atomic mass is 35.5. The number of nitrogens with zero attached hydrogens (tertiary/aromatic N) is 1. The number of fused-ring (bicyclic) bond motifs is 1. The fourth-order valence-corrected chi connectivity index (χ4v) is 2.42. The van der Waals surface area contributed by atoms with Crippen molar-refractivity contribution in [3.63, 3.8) is 0 Å². The van der Waals surface area contributed by atoms with Crippen LogP contribution in [0.4, 0.5) is 5.82 Å². The lowest BCUT2D eigenvalue weighted by Gasteiger charge is -1.98. The number of carboxylic acid groups (broad SMARTS) is 1. The molecule has 0 aliphatic carbocycles. The number of hydrogen-bond acceptors (Lipinski definition) is 4. The molecule has 0 fully saturated rings. The van der Waals surface area contributed by atoms with Crippen LogP contribution in [0.15, 0.2) is 47.5 Å². The lowest BCUT2D eigenvalue weighted by molar-refractivity contribution is -0.131. The summed E-state index contributed by atoms with van der Waals surface area (Å²) in [6.07, 6.45) is 5.29. The van der Waals surface area contributed by atoms with Gasteiger partial charge in [0, 0.05) is 28.7 Å². The number of aliphatic carboxylic acids is 1. The summed E-state index contributed by atoms with van der Waals surface area (Å²) in [5.74, 6) is -0.0268. The lowest BCUT2D eigenvalue weighted by atomic mass is 10.1. The number of carbonyl (C=O) groups is 1. The second-order valence-corrected chi connectivity index (χ2v) is 5.56. The van der Waals surface area contributed by atoms with Crippen molar-refractivity contribution in [2.75, 3.05) is 11.9 Å². The number of benzene rings is 1. The number of thiol groups is 1. The van der Waals surface area contributed by atoms with Gasteiger partial charge in [-0.05, 0) is 47.9 Å². The van der Waals surface area contributed by atoms with Crippen molar-refractivity contribution in [1.29, 1.82) is 0 Å². The normalized spacial score (nSPS) is 11.5. The Balaban J connectivity index is 0.000000245. The van der Waals surface area contributed by atoms with Gasteiger partial charge in [-0.1, -0.05) is 31.5 Å². The van der Waals surface area contributed by atoms with Gasteiger partial charge >= 0.3 is 5.97 Å². The highest BCUT2D eigenvalue weighted by Crippen LogP contribution is 2.20. The summed E-state index contributed by atoms with van der Waals surface area (Å²) in [6.45, 7) is 4.91. The summed E-state index contributed by atoms with van der Waals surface area (Å²) < 4.78 is 0. The molecule has 0 amide bonds. The fraction of sp³-hybridized carbons (Fsp3) is 0.222. The molecule has 0 saturated heterocycles. The van der Waals surface area contributed by atoms with E-state index in [2.05, 4.69) is 22.9 Å². The number of pyridine rings is 1. The molecule has 128 valence electrons. The Morgan fingerprint density at radius 2 is 2.12 bits per heavy atom. The molecule has 24 heavy (non-hydrogen) atoms. The van der Waals surface area contributed by atoms with Crippen molar-refractivity contribution < 1.29 is 9.90 Å². The summed E-state index contributed by atoms with van der Waals surface area (Å²) in [5, 5.41) is 12.3. The standard InChI is InChI=1S/C10H10N2O2.C6H5ClS.C2H6/c13-9(14)2-1-7-5-8-3-4-11-10(8)12-6-7;7-5-2-1-3-6(8)4-5;1-2/h1-2,5-6H,3-4H2,(H,11,12)(H,13,14);1-4,8H;1-2H3/b2-1+;;. The summed E-state index contributed by atoms with van der Waals surface area (Å²) in [7, 11) is 0. The summed E-state index contributed by atoms with van der Waals surface area (Å²) in [5.41, 5.74) is 1.98. The zero-order valence-electron chi connectivity index (χ0n) is 13.7. The van der Waals surface area contributed by atoms with Gasteiger partial charge < -0.3 is 10.4 Å². The van der Waals surface area contributed by atoms with E-state index in [0.29, 0.717) is 0 Å². The third-order valence-electron chi connectivity index (χ3n) is 2.90. The zero-order chi connectivity index (χ0) is 17.9. The maximum Gasteiger partial charge on any atom is 0.328 e. The minimum Gasteiger partial charge on any atom is -0.478 e. The fourth-order valence-electron chi connectivity index (χ4n) is 1.93. The number of nitrogens with one attached hydrogen (secondary N) is 1. The highest BCUT2D eigenvalue weighted by Gasteiger charge is 2.10. The smallest absolute Gasteiger partial charge is 0.328 e. The Hall–Kier alpha value is -1.98. The molecule has 2 aromatic rings. The predicted molar refractivity (Wildman–Crippen MR) is 103 cm³/mol. The molecular formula is C18H21ClN2O2S. The summed E-state index contributed by atoms with van der Waals surface area (Å²) >= 11 is 9.67. The Morgan fingerprint density at radius 1 is 1.38 bits per heavy atom. The van der Waals surface area contributed by atoms with Gasteiger partial charge in [-0.15, -0.1) is 12.6 Å². The van der Waals surface area contributed by atoms with Gasteiger partial charge in [0.15, 0.2) is 0 Å². The van der Waals surface area contributed by atoms with Gasteiger partial charge in [-0.25, -0.2) is 9.78 Å². The molecule has 0 unspecified atom stereocenters. The van der Waals surface area contributed by atoms with E-state index >= 15 is 0 Å². The molecule has 6 heteroatoms. The van der Waals surface area contributed by atoms with Crippen molar-refractivity contribution in [3.8, 4) is 0 Å². The molecule has 1 aliphatic rings. The quantitative estimate of drug-likeness (QED) is 0.529. The first-order valence-corrected chi connectivity index (χ1v) is 8.45. The van der Waals surface area contributed by atoms with Crippen LogP contribution in [0.25, 0.3) is 6.08 Å². The second kappa shape index (κ2) is 10.7. The highest BCUT2D eigenvalue weighted by molar-refractivity contribution is 7.80. The van der Waals surface area contributed by atoms with Crippen molar-refractivity contribution in [2.24, 2.45) is 0 Å². The van der Waals surface area contributed by atoms with Crippen LogP contribution in [0.1, 0.15) is 25.0 Å². The maximum absolute atomic E-state index is 10.3. The van der Waals surface area contributed by atoms with Crippen molar-refractivity contribution >= 4 is 42.1 Å². The molecule has 1 aromatic carbocycles. The van der Waals surface area contributed by atoms with E-state index in [4.69, 9.17) is 16.7 Å². The third-order valence-corrected chi connectivity index (χ3v) is 3.41. The third kappa shape index (κ3) is 7.06. The van der Waals surface area contributed by atoms with Gasteiger partial charge in [-0.2, -0.15) is 0 Å². The largest absolute Gasteiger partial charge is 0.478 e. The van der Waals surface area contributed by atoms with Crippen molar-refractivity contribution in [1.82, 2.24) is 4.98 Å². The van der Waals surface area contributed by atoms with E-state index in [9.17, 15) is 4.79 Å². The van der Waals surface area contributed by atoms with Crippen LogP contribution < -0.4 is 5.32 Å². The topological polar surface area (TPSA) is 62.2 Å². The van der Waals surface area contributed by atoms with Crippen LogP contribution in [0.3, 0.4) is 0 Å². The van der Waals surface area contributed by atoms with E-state index in [1.807, 2.05) is 38.1 Å². The number of hydrogen-bond donors (Lipinski definition) is 3. The molecule has 1 aliphatic heterocycles. The summed E-state index contributed by atoms with van der Waals surface area (Å²) in [6, 6.07) is 9.33. The molecule has 0 atom stereocenters. The first-order valence-electron chi connectivity index (χ1n) is 7.63. The number of anilines is 1. The van der Waals surface area contributed by atoms with Gasteiger partial charge in [0.1, 0.15) is 5.82 Å². The lowest BCUT2D eigenvalue weighted by Crippen LogP contribution is -1.92. The molecule has 2 N–H and O–H groups in total. The molecule has 0 spiro atoms. The Bertz CT molecular complexity index is 688. The van der Waals surface area contributed by atoms with Crippen LogP contribution in [0.2, 0.25) is 5.02 Å². The van der Waals surface area contributed by atoms with Crippen LogP contribution >= 0.6 is 24.2 Å². The molecule has 3 rings (SSSR count). The van der Waals surface area contributed by atoms with Crippen LogP contribution in [0.5, 0.6) is 0 Å². The second-order valence-electron chi connectivity index (χ2n) is 4.60. The minimum absolute atomic E-state index is 0.734. The van der Waals surface area contributed by atoms with E-state index in [1.165, 1.54) is 0 Å². The van der Waals surface area contributed by atoms with E-state index in [0.717, 1.165) is 45.9 Å². The van der Waals surface area contributed by atoms with Crippen LogP contribution in [0, 0.1) is 0 Å². The SMILES string of the molecule is CC.O=C(O)/C=C/c1cnc2c(c1)CCN2.Sc1cccc(Cl)c1. The van der Waals surface area contributed by atoms with Crippen molar-refractivity contribution in [2.45, 2.75) is 25.2 Å². The zero-order valence-corrected chi connectivity index (χ0v) is 15.3. The van der Waals surface area contributed by atoms with E-state index in [1.54, 1.807) is 18.3 Å². The van der Waals surface area contributed by atoms with E-state index in [-0.39, 0.29) is 0 Å². The molecule has 0 bridgehead atoms. The number of carboxylic acids is 1. The molecule has 0 saturated carbocycles. The van der Waals surface area contributed by atoms with Gasteiger partial charge in [0.25, 0.3) is 0 Å². The number of rotatable bonds is 2. The molecule has 0 radical (unpaired) electrons. The first kappa shape index (κ1) is 20.1. The maximum atomic E-state index is 10.3. The Kier molecular flexibility index (Phi) is 8.97. The molecule has 4 nitrogen and oxygen atoms in total. The first-order chi connectivity index (χ1) is 11.5.